The quantitative estimate of drug-likeness (QED) is 0.792. The van der Waals surface area contributed by atoms with Crippen molar-refractivity contribution in [2.75, 3.05) is 0 Å². The standard InChI is InChI=1S/C12H21N3O/c1-5-15-7-6-14-11(15)9(16)8-10(13)12(2,3)4/h6-7,10H,5,8,13H2,1-4H3. The van der Waals surface area contributed by atoms with Gasteiger partial charge in [-0.2, -0.15) is 0 Å². The molecule has 0 aliphatic carbocycles. The predicted molar refractivity (Wildman–Crippen MR) is 64.3 cm³/mol. The lowest BCUT2D eigenvalue weighted by atomic mass is 9.84. The average molecular weight is 223 g/mol. The summed E-state index contributed by atoms with van der Waals surface area (Å²) in [4.78, 5) is 16.1. The molecular weight excluding hydrogens is 202 g/mol. The highest BCUT2D eigenvalue weighted by molar-refractivity contribution is 5.93. The summed E-state index contributed by atoms with van der Waals surface area (Å²) in [7, 11) is 0. The molecule has 1 aromatic rings. The molecule has 0 saturated heterocycles. The highest BCUT2D eigenvalue weighted by Gasteiger charge is 2.25. The molecule has 0 fully saturated rings. The number of hydrogen-bond donors (Lipinski definition) is 1. The minimum Gasteiger partial charge on any atom is -0.329 e. The summed E-state index contributed by atoms with van der Waals surface area (Å²) in [5.74, 6) is 0.538. The molecule has 4 heteroatoms. The van der Waals surface area contributed by atoms with Crippen LogP contribution in [-0.4, -0.2) is 21.4 Å². The third kappa shape index (κ3) is 2.92. The summed E-state index contributed by atoms with van der Waals surface area (Å²) in [6.07, 6.45) is 3.82. The first-order valence-electron chi connectivity index (χ1n) is 5.66. The van der Waals surface area contributed by atoms with Gasteiger partial charge >= 0.3 is 0 Å². The van der Waals surface area contributed by atoms with Crippen LogP contribution in [0.15, 0.2) is 12.4 Å². The number of nitrogens with zero attached hydrogens (tertiary/aromatic N) is 2. The van der Waals surface area contributed by atoms with Gasteiger partial charge in [0, 0.05) is 31.4 Å². The van der Waals surface area contributed by atoms with Gasteiger partial charge in [-0.25, -0.2) is 4.98 Å². The zero-order valence-electron chi connectivity index (χ0n) is 10.5. The molecule has 0 amide bonds. The zero-order valence-corrected chi connectivity index (χ0v) is 10.5. The number of ketones is 1. The van der Waals surface area contributed by atoms with E-state index < -0.39 is 0 Å². The van der Waals surface area contributed by atoms with Gasteiger partial charge in [0.05, 0.1) is 0 Å². The normalized spacial score (nSPS) is 13.8. The Hall–Kier alpha value is -1.16. The largest absolute Gasteiger partial charge is 0.329 e. The maximum absolute atomic E-state index is 12.0. The lowest BCUT2D eigenvalue weighted by Crippen LogP contribution is -2.37. The second kappa shape index (κ2) is 4.78. The van der Waals surface area contributed by atoms with Crippen molar-refractivity contribution >= 4 is 5.78 Å². The number of carbonyl (C=O) groups excluding carboxylic acids is 1. The van der Waals surface area contributed by atoms with Gasteiger partial charge in [0.15, 0.2) is 11.6 Å². The van der Waals surface area contributed by atoms with Gasteiger partial charge in [-0.15, -0.1) is 0 Å². The Balaban J connectivity index is 2.73. The minimum atomic E-state index is -0.137. The van der Waals surface area contributed by atoms with Gasteiger partial charge in [0.2, 0.25) is 0 Å². The van der Waals surface area contributed by atoms with Crippen molar-refractivity contribution in [1.29, 1.82) is 0 Å². The third-order valence-electron chi connectivity index (χ3n) is 2.82. The number of nitrogens with two attached hydrogens (primary N) is 1. The van der Waals surface area contributed by atoms with Crippen LogP contribution in [-0.2, 0) is 6.54 Å². The molecule has 0 aliphatic heterocycles. The minimum absolute atomic E-state index is 0.0225. The van der Waals surface area contributed by atoms with Crippen molar-refractivity contribution in [2.24, 2.45) is 11.1 Å². The molecule has 1 rings (SSSR count). The molecule has 0 aliphatic rings. The van der Waals surface area contributed by atoms with E-state index in [1.807, 2.05) is 38.5 Å². The lowest BCUT2D eigenvalue weighted by Gasteiger charge is -2.26. The maximum atomic E-state index is 12.0. The highest BCUT2D eigenvalue weighted by atomic mass is 16.1. The van der Waals surface area contributed by atoms with Gasteiger partial charge in [-0.1, -0.05) is 20.8 Å². The number of carbonyl (C=O) groups is 1. The summed E-state index contributed by atoms with van der Waals surface area (Å²) in [6, 6.07) is -0.137. The van der Waals surface area contributed by atoms with Gasteiger partial charge in [-0.05, 0) is 12.3 Å². The Morgan fingerprint density at radius 1 is 1.56 bits per heavy atom. The molecule has 0 radical (unpaired) electrons. The van der Waals surface area contributed by atoms with E-state index in [1.165, 1.54) is 0 Å². The van der Waals surface area contributed by atoms with Crippen molar-refractivity contribution in [1.82, 2.24) is 9.55 Å². The molecule has 90 valence electrons. The molecule has 2 N–H and O–H groups in total. The Morgan fingerprint density at radius 2 is 2.19 bits per heavy atom. The van der Waals surface area contributed by atoms with Crippen LogP contribution < -0.4 is 5.73 Å². The first-order valence-corrected chi connectivity index (χ1v) is 5.66. The number of hydrogen-bond acceptors (Lipinski definition) is 3. The van der Waals surface area contributed by atoms with E-state index in [1.54, 1.807) is 6.20 Å². The number of imidazole rings is 1. The molecule has 1 aromatic heterocycles. The van der Waals surface area contributed by atoms with Crippen LogP contribution in [0.2, 0.25) is 0 Å². The molecule has 0 saturated carbocycles. The topological polar surface area (TPSA) is 60.9 Å². The Morgan fingerprint density at radius 3 is 2.69 bits per heavy atom. The number of aryl methyl sites for hydroxylation is 1. The molecule has 16 heavy (non-hydrogen) atoms. The van der Waals surface area contributed by atoms with Crippen LogP contribution in [0.1, 0.15) is 44.7 Å². The lowest BCUT2D eigenvalue weighted by molar-refractivity contribution is 0.0939. The molecule has 1 heterocycles. The van der Waals surface area contributed by atoms with E-state index in [2.05, 4.69) is 4.98 Å². The van der Waals surface area contributed by atoms with Crippen LogP contribution in [0, 0.1) is 5.41 Å². The van der Waals surface area contributed by atoms with Crippen molar-refractivity contribution in [3.8, 4) is 0 Å². The molecule has 0 bridgehead atoms. The Kier molecular flexibility index (Phi) is 3.86. The molecule has 0 aromatic carbocycles. The summed E-state index contributed by atoms with van der Waals surface area (Å²) in [6.45, 7) is 8.86. The molecule has 1 atom stereocenters. The second-order valence-corrected chi connectivity index (χ2v) is 5.14. The van der Waals surface area contributed by atoms with Crippen molar-refractivity contribution in [2.45, 2.75) is 46.7 Å². The Bertz CT molecular complexity index is 363. The first-order chi connectivity index (χ1) is 7.36. The molecule has 4 nitrogen and oxygen atoms in total. The fourth-order valence-corrected chi connectivity index (χ4v) is 1.41. The van der Waals surface area contributed by atoms with Gasteiger partial charge in [0.25, 0.3) is 0 Å². The monoisotopic (exact) mass is 223 g/mol. The van der Waals surface area contributed by atoms with E-state index in [-0.39, 0.29) is 17.2 Å². The van der Waals surface area contributed by atoms with Crippen molar-refractivity contribution in [3.63, 3.8) is 0 Å². The number of aromatic nitrogens is 2. The third-order valence-corrected chi connectivity index (χ3v) is 2.82. The molecular formula is C12H21N3O. The SMILES string of the molecule is CCn1ccnc1C(=O)CC(N)C(C)(C)C. The summed E-state index contributed by atoms with van der Waals surface area (Å²) >= 11 is 0. The van der Waals surface area contributed by atoms with E-state index >= 15 is 0 Å². The average Bonchev–Trinajstić information content (AvgIpc) is 2.63. The summed E-state index contributed by atoms with van der Waals surface area (Å²) < 4.78 is 1.84. The van der Waals surface area contributed by atoms with Crippen molar-refractivity contribution in [3.05, 3.63) is 18.2 Å². The fourth-order valence-electron chi connectivity index (χ4n) is 1.41. The van der Waals surface area contributed by atoms with Crippen molar-refractivity contribution < 1.29 is 4.79 Å². The zero-order chi connectivity index (χ0) is 12.3. The van der Waals surface area contributed by atoms with Gasteiger partial charge < -0.3 is 10.3 Å². The van der Waals surface area contributed by atoms with Crippen LogP contribution in [0.25, 0.3) is 0 Å². The van der Waals surface area contributed by atoms with Crippen LogP contribution in [0.3, 0.4) is 0 Å². The maximum Gasteiger partial charge on any atom is 0.199 e. The summed E-state index contributed by atoms with van der Waals surface area (Å²) in [5, 5.41) is 0. The van der Waals surface area contributed by atoms with Crippen LogP contribution in [0.4, 0.5) is 0 Å². The summed E-state index contributed by atoms with van der Waals surface area (Å²) in [5.41, 5.74) is 5.94. The molecule has 1 unspecified atom stereocenters. The molecule has 0 spiro atoms. The second-order valence-electron chi connectivity index (χ2n) is 5.14. The first kappa shape index (κ1) is 12.9. The van der Waals surface area contributed by atoms with E-state index in [4.69, 9.17) is 5.73 Å². The van der Waals surface area contributed by atoms with E-state index in [0.717, 1.165) is 6.54 Å². The number of Topliss-reactive ketones (excluding diaryl/α,β-unsaturated/α-hetero) is 1. The van der Waals surface area contributed by atoms with E-state index in [9.17, 15) is 4.79 Å². The van der Waals surface area contributed by atoms with Gasteiger partial charge in [0.1, 0.15) is 0 Å². The van der Waals surface area contributed by atoms with Crippen LogP contribution in [0.5, 0.6) is 0 Å². The number of rotatable bonds is 4. The van der Waals surface area contributed by atoms with Gasteiger partial charge in [-0.3, -0.25) is 4.79 Å². The fraction of sp³-hybridized carbons (Fsp3) is 0.667. The van der Waals surface area contributed by atoms with E-state index in [0.29, 0.717) is 12.2 Å². The van der Waals surface area contributed by atoms with Crippen LogP contribution >= 0.6 is 0 Å². The smallest absolute Gasteiger partial charge is 0.199 e. The Labute approximate surface area is 96.9 Å². The predicted octanol–water partition coefficient (Wildman–Crippen LogP) is 1.85. The highest BCUT2D eigenvalue weighted by Crippen LogP contribution is 2.20.